The third-order valence-electron chi connectivity index (χ3n) is 1.99. The average molecular weight is 229 g/mol. The van der Waals surface area contributed by atoms with Gasteiger partial charge in [-0.05, 0) is 27.2 Å². The van der Waals surface area contributed by atoms with Crippen molar-refractivity contribution < 1.29 is 19.2 Å². The van der Waals surface area contributed by atoms with Crippen molar-refractivity contribution in [2.24, 2.45) is 0 Å². The summed E-state index contributed by atoms with van der Waals surface area (Å²) in [6.07, 6.45) is 1.11. The summed E-state index contributed by atoms with van der Waals surface area (Å²) in [6.45, 7) is 6.61. The molecule has 1 heterocycles. The standard InChI is InChI=1S/C11H19NO4/c1-11(2,3)16-10(14)6-5-9(13)12-7-4-8-15-12/h4-8H2,1-3H3. The van der Waals surface area contributed by atoms with Gasteiger partial charge in [0.1, 0.15) is 5.60 Å². The van der Waals surface area contributed by atoms with Crippen LogP contribution in [0.3, 0.4) is 0 Å². The maximum absolute atomic E-state index is 11.5. The highest BCUT2D eigenvalue weighted by atomic mass is 16.7. The van der Waals surface area contributed by atoms with E-state index in [1.165, 1.54) is 5.06 Å². The van der Waals surface area contributed by atoms with Gasteiger partial charge >= 0.3 is 5.97 Å². The number of ether oxygens (including phenoxy) is 1. The molecule has 92 valence electrons. The summed E-state index contributed by atoms with van der Waals surface area (Å²) in [5.41, 5.74) is -0.496. The Kier molecular flexibility index (Phi) is 4.29. The van der Waals surface area contributed by atoms with Crippen LogP contribution in [0.5, 0.6) is 0 Å². The molecular formula is C11H19NO4. The van der Waals surface area contributed by atoms with Crippen molar-refractivity contribution in [2.75, 3.05) is 13.2 Å². The topological polar surface area (TPSA) is 55.8 Å². The van der Waals surface area contributed by atoms with E-state index in [0.29, 0.717) is 13.2 Å². The first-order valence-corrected chi connectivity index (χ1v) is 5.53. The minimum absolute atomic E-state index is 0.107. The highest BCUT2D eigenvalue weighted by molar-refractivity contribution is 5.80. The summed E-state index contributed by atoms with van der Waals surface area (Å²) in [4.78, 5) is 27.9. The molecule has 5 heteroatoms. The fourth-order valence-electron chi connectivity index (χ4n) is 1.37. The molecule has 1 aliphatic heterocycles. The van der Waals surface area contributed by atoms with E-state index in [2.05, 4.69) is 0 Å². The molecule has 1 aliphatic rings. The molecule has 0 atom stereocenters. The minimum atomic E-state index is -0.496. The SMILES string of the molecule is CC(C)(C)OC(=O)CCC(=O)N1CCCO1. The van der Waals surface area contributed by atoms with Crippen molar-refractivity contribution in [3.8, 4) is 0 Å². The van der Waals surface area contributed by atoms with Gasteiger partial charge in [0, 0.05) is 6.42 Å². The normalized spacial score (nSPS) is 16.3. The van der Waals surface area contributed by atoms with Crippen LogP contribution in [0.4, 0.5) is 0 Å². The van der Waals surface area contributed by atoms with E-state index in [-0.39, 0.29) is 24.7 Å². The van der Waals surface area contributed by atoms with Crippen molar-refractivity contribution in [3.05, 3.63) is 0 Å². The summed E-state index contributed by atoms with van der Waals surface area (Å²) in [5.74, 6) is -0.497. The molecule has 16 heavy (non-hydrogen) atoms. The summed E-state index contributed by atoms with van der Waals surface area (Å²) < 4.78 is 5.10. The van der Waals surface area contributed by atoms with Crippen molar-refractivity contribution >= 4 is 11.9 Å². The Hall–Kier alpha value is -1.10. The van der Waals surface area contributed by atoms with Gasteiger partial charge in [-0.1, -0.05) is 0 Å². The van der Waals surface area contributed by atoms with Crippen molar-refractivity contribution in [1.82, 2.24) is 5.06 Å². The number of nitrogens with zero attached hydrogens (tertiary/aromatic N) is 1. The van der Waals surface area contributed by atoms with Gasteiger partial charge in [0.25, 0.3) is 0 Å². The van der Waals surface area contributed by atoms with Crippen LogP contribution in [0.1, 0.15) is 40.0 Å². The number of esters is 1. The molecule has 0 radical (unpaired) electrons. The second-order valence-electron chi connectivity index (χ2n) is 4.77. The number of amides is 1. The molecule has 1 rings (SSSR count). The molecule has 0 N–H and O–H groups in total. The molecule has 0 aromatic rings. The molecule has 0 aromatic heterocycles. The van der Waals surface area contributed by atoms with Crippen molar-refractivity contribution in [1.29, 1.82) is 0 Å². The summed E-state index contributed by atoms with van der Waals surface area (Å²) in [5, 5.41) is 1.32. The maximum Gasteiger partial charge on any atom is 0.306 e. The van der Waals surface area contributed by atoms with Gasteiger partial charge in [-0.2, -0.15) is 0 Å². The largest absolute Gasteiger partial charge is 0.460 e. The molecule has 0 spiro atoms. The second-order valence-corrected chi connectivity index (χ2v) is 4.77. The lowest BCUT2D eigenvalue weighted by Crippen LogP contribution is -2.28. The monoisotopic (exact) mass is 229 g/mol. The number of hydroxylamine groups is 2. The van der Waals surface area contributed by atoms with Crippen LogP contribution in [-0.4, -0.2) is 35.7 Å². The molecule has 1 fully saturated rings. The van der Waals surface area contributed by atoms with Gasteiger partial charge in [-0.25, -0.2) is 5.06 Å². The molecule has 1 saturated heterocycles. The van der Waals surface area contributed by atoms with Crippen LogP contribution in [0.15, 0.2) is 0 Å². The van der Waals surface area contributed by atoms with Gasteiger partial charge in [-0.15, -0.1) is 0 Å². The van der Waals surface area contributed by atoms with E-state index in [1.54, 1.807) is 20.8 Å². The third-order valence-corrected chi connectivity index (χ3v) is 1.99. The highest BCUT2D eigenvalue weighted by Crippen LogP contribution is 2.11. The summed E-state index contributed by atoms with van der Waals surface area (Å²) in [7, 11) is 0. The lowest BCUT2D eigenvalue weighted by molar-refractivity contribution is -0.171. The third kappa shape index (κ3) is 4.61. The van der Waals surface area contributed by atoms with Gasteiger partial charge in [0.15, 0.2) is 0 Å². The Balaban J connectivity index is 2.23. The molecule has 5 nitrogen and oxygen atoms in total. The van der Waals surface area contributed by atoms with Crippen LogP contribution < -0.4 is 0 Å². The lowest BCUT2D eigenvalue weighted by Gasteiger charge is -2.19. The lowest BCUT2D eigenvalue weighted by atomic mass is 10.2. The van der Waals surface area contributed by atoms with Crippen LogP contribution in [0.25, 0.3) is 0 Å². The number of rotatable bonds is 3. The number of carbonyl (C=O) groups excluding carboxylic acids is 2. The predicted octanol–water partition coefficient (Wildman–Crippen LogP) is 1.27. The van der Waals surface area contributed by atoms with Crippen molar-refractivity contribution in [3.63, 3.8) is 0 Å². The van der Waals surface area contributed by atoms with E-state index in [9.17, 15) is 9.59 Å². The molecule has 0 bridgehead atoms. The Morgan fingerprint density at radius 2 is 2.00 bits per heavy atom. The van der Waals surface area contributed by atoms with Gasteiger partial charge in [0.2, 0.25) is 5.91 Å². The van der Waals surface area contributed by atoms with Crippen LogP contribution in [-0.2, 0) is 19.2 Å². The first kappa shape index (κ1) is 13.0. The fraction of sp³-hybridized carbons (Fsp3) is 0.818. The van der Waals surface area contributed by atoms with E-state index in [4.69, 9.17) is 9.57 Å². The Morgan fingerprint density at radius 1 is 1.31 bits per heavy atom. The minimum Gasteiger partial charge on any atom is -0.460 e. The Morgan fingerprint density at radius 3 is 2.50 bits per heavy atom. The van der Waals surface area contributed by atoms with E-state index in [1.807, 2.05) is 0 Å². The quantitative estimate of drug-likeness (QED) is 0.684. The highest BCUT2D eigenvalue weighted by Gasteiger charge is 2.22. The van der Waals surface area contributed by atoms with Crippen LogP contribution >= 0.6 is 0 Å². The number of carbonyl (C=O) groups is 2. The second kappa shape index (κ2) is 5.30. The summed E-state index contributed by atoms with van der Waals surface area (Å²) >= 11 is 0. The maximum atomic E-state index is 11.5. The molecular weight excluding hydrogens is 210 g/mol. The predicted molar refractivity (Wildman–Crippen MR) is 57.4 cm³/mol. The van der Waals surface area contributed by atoms with E-state index in [0.717, 1.165) is 6.42 Å². The van der Waals surface area contributed by atoms with Gasteiger partial charge in [-0.3, -0.25) is 14.4 Å². The van der Waals surface area contributed by atoms with E-state index < -0.39 is 5.60 Å². The van der Waals surface area contributed by atoms with Crippen molar-refractivity contribution in [2.45, 2.75) is 45.6 Å². The smallest absolute Gasteiger partial charge is 0.306 e. The first-order chi connectivity index (χ1) is 7.38. The zero-order valence-corrected chi connectivity index (χ0v) is 10.1. The van der Waals surface area contributed by atoms with Crippen LogP contribution in [0, 0.1) is 0 Å². The number of hydrogen-bond donors (Lipinski definition) is 0. The molecule has 0 aliphatic carbocycles. The number of hydrogen-bond acceptors (Lipinski definition) is 4. The fourth-order valence-corrected chi connectivity index (χ4v) is 1.37. The Labute approximate surface area is 95.6 Å². The Bertz CT molecular complexity index is 264. The zero-order chi connectivity index (χ0) is 12.2. The molecule has 0 aromatic carbocycles. The zero-order valence-electron chi connectivity index (χ0n) is 10.1. The molecule has 0 saturated carbocycles. The molecule has 1 amide bonds. The van der Waals surface area contributed by atoms with Crippen LogP contribution in [0.2, 0.25) is 0 Å². The van der Waals surface area contributed by atoms with Gasteiger partial charge < -0.3 is 4.74 Å². The molecule has 0 unspecified atom stereocenters. The summed E-state index contributed by atoms with van der Waals surface area (Å²) in [6, 6.07) is 0. The first-order valence-electron chi connectivity index (χ1n) is 5.53. The average Bonchev–Trinajstić information content (AvgIpc) is 2.64. The van der Waals surface area contributed by atoms with Gasteiger partial charge in [0.05, 0.1) is 19.6 Å². The van der Waals surface area contributed by atoms with E-state index >= 15 is 0 Å².